The van der Waals surface area contributed by atoms with Gasteiger partial charge < -0.3 is 10.1 Å². The van der Waals surface area contributed by atoms with Crippen molar-refractivity contribution < 1.29 is 17.9 Å². The molecule has 6 heteroatoms. The second-order valence-electron chi connectivity index (χ2n) is 3.60. The number of hydrogen-bond donors (Lipinski definition) is 1. The van der Waals surface area contributed by atoms with Gasteiger partial charge in [-0.05, 0) is 19.0 Å². The summed E-state index contributed by atoms with van der Waals surface area (Å²) in [5, 5.41) is 3.03. The molecule has 1 aliphatic heterocycles. The lowest BCUT2D eigenvalue weighted by Crippen LogP contribution is -2.21. The van der Waals surface area contributed by atoms with E-state index in [1.54, 1.807) is 0 Å². The monoisotopic (exact) mass is 232 g/mol. The van der Waals surface area contributed by atoms with Crippen LogP contribution in [0.25, 0.3) is 0 Å². The molecule has 0 radical (unpaired) electrons. The molecule has 1 aromatic rings. The van der Waals surface area contributed by atoms with Crippen molar-refractivity contribution in [3.63, 3.8) is 0 Å². The molecule has 0 spiro atoms. The molecule has 0 aromatic carbocycles. The summed E-state index contributed by atoms with van der Waals surface area (Å²) in [7, 11) is 0. The molecule has 16 heavy (non-hydrogen) atoms. The van der Waals surface area contributed by atoms with Crippen LogP contribution in [0.5, 0.6) is 5.75 Å². The standard InChI is InChI=1S/C10H11F3N2O/c11-10(12,13)8-6-15-4-2-9(8)16-7-1-3-14-5-7/h2,4,6-7,14H,1,3,5H2. The van der Waals surface area contributed by atoms with Crippen LogP contribution in [0.4, 0.5) is 13.2 Å². The fourth-order valence-corrected chi connectivity index (χ4v) is 1.61. The third kappa shape index (κ3) is 2.44. The van der Waals surface area contributed by atoms with E-state index in [-0.39, 0.29) is 11.9 Å². The van der Waals surface area contributed by atoms with Crippen LogP contribution < -0.4 is 10.1 Å². The summed E-state index contributed by atoms with van der Waals surface area (Å²) in [6.45, 7) is 1.36. The van der Waals surface area contributed by atoms with Crippen molar-refractivity contribution in [1.29, 1.82) is 0 Å². The number of halogens is 3. The minimum Gasteiger partial charge on any atom is -0.488 e. The van der Waals surface area contributed by atoms with Gasteiger partial charge in [-0.15, -0.1) is 0 Å². The molecule has 1 atom stereocenters. The number of pyridine rings is 1. The number of aromatic nitrogens is 1. The molecule has 1 fully saturated rings. The Hall–Kier alpha value is -1.30. The molecule has 2 heterocycles. The lowest BCUT2D eigenvalue weighted by Gasteiger charge is -2.16. The third-order valence-electron chi connectivity index (χ3n) is 2.40. The quantitative estimate of drug-likeness (QED) is 0.844. The first-order valence-corrected chi connectivity index (χ1v) is 4.96. The van der Waals surface area contributed by atoms with E-state index < -0.39 is 11.7 Å². The molecule has 1 N–H and O–H groups in total. The smallest absolute Gasteiger partial charge is 0.421 e. The lowest BCUT2D eigenvalue weighted by molar-refractivity contribution is -0.139. The average Bonchev–Trinajstić information content (AvgIpc) is 2.70. The van der Waals surface area contributed by atoms with Gasteiger partial charge in [-0.25, -0.2) is 0 Å². The zero-order chi connectivity index (χ0) is 11.6. The normalized spacial score (nSPS) is 21.1. The molecule has 1 aliphatic rings. The highest BCUT2D eigenvalue weighted by Gasteiger charge is 2.35. The van der Waals surface area contributed by atoms with E-state index in [0.29, 0.717) is 6.54 Å². The maximum Gasteiger partial charge on any atom is 0.421 e. The first-order valence-electron chi connectivity index (χ1n) is 4.96. The maximum absolute atomic E-state index is 12.6. The van der Waals surface area contributed by atoms with Crippen LogP contribution >= 0.6 is 0 Å². The molecule has 0 bridgehead atoms. The summed E-state index contributed by atoms with van der Waals surface area (Å²) in [6, 6.07) is 1.25. The van der Waals surface area contributed by atoms with Crippen molar-refractivity contribution in [3.05, 3.63) is 24.0 Å². The lowest BCUT2D eigenvalue weighted by atomic mass is 10.2. The molecule has 3 nitrogen and oxygen atoms in total. The molecule has 0 amide bonds. The third-order valence-corrected chi connectivity index (χ3v) is 2.40. The van der Waals surface area contributed by atoms with E-state index >= 15 is 0 Å². The summed E-state index contributed by atoms with van der Waals surface area (Å²) >= 11 is 0. The fraction of sp³-hybridized carbons (Fsp3) is 0.500. The van der Waals surface area contributed by atoms with Gasteiger partial charge in [-0.3, -0.25) is 4.98 Å². The Kier molecular flexibility index (Phi) is 3.00. The Morgan fingerprint density at radius 2 is 2.25 bits per heavy atom. The molecule has 1 unspecified atom stereocenters. The number of hydrogen-bond acceptors (Lipinski definition) is 3. The number of nitrogens with one attached hydrogen (secondary N) is 1. The van der Waals surface area contributed by atoms with Crippen LogP contribution in [0, 0.1) is 0 Å². The minimum absolute atomic E-state index is 0.142. The first-order chi connectivity index (χ1) is 7.57. The van der Waals surface area contributed by atoms with Crippen molar-refractivity contribution in [1.82, 2.24) is 10.3 Å². The largest absolute Gasteiger partial charge is 0.488 e. The fourth-order valence-electron chi connectivity index (χ4n) is 1.61. The summed E-state index contributed by atoms with van der Waals surface area (Å²) in [6.07, 6.45) is -1.80. The Balaban J connectivity index is 2.19. The number of nitrogens with zero attached hydrogens (tertiary/aromatic N) is 1. The van der Waals surface area contributed by atoms with Crippen molar-refractivity contribution in [2.45, 2.75) is 18.7 Å². The zero-order valence-electron chi connectivity index (χ0n) is 8.42. The molecule has 2 rings (SSSR count). The number of alkyl halides is 3. The van der Waals surface area contributed by atoms with Gasteiger partial charge in [0.2, 0.25) is 0 Å². The summed E-state index contributed by atoms with van der Waals surface area (Å²) in [5.41, 5.74) is -0.818. The summed E-state index contributed by atoms with van der Waals surface area (Å²) < 4.78 is 43.1. The van der Waals surface area contributed by atoms with Gasteiger partial charge >= 0.3 is 6.18 Å². The Bertz CT molecular complexity index is 361. The molecule has 1 saturated heterocycles. The van der Waals surface area contributed by atoms with Crippen LogP contribution in [0.15, 0.2) is 18.5 Å². The topological polar surface area (TPSA) is 34.1 Å². The molecule has 1 aromatic heterocycles. The van der Waals surface area contributed by atoms with E-state index in [9.17, 15) is 13.2 Å². The van der Waals surface area contributed by atoms with Gasteiger partial charge in [0.15, 0.2) is 0 Å². The Morgan fingerprint density at radius 1 is 1.44 bits per heavy atom. The minimum atomic E-state index is -4.42. The van der Waals surface area contributed by atoms with Gasteiger partial charge in [0.25, 0.3) is 0 Å². The van der Waals surface area contributed by atoms with Crippen LogP contribution in [0.1, 0.15) is 12.0 Å². The second-order valence-corrected chi connectivity index (χ2v) is 3.60. The van der Waals surface area contributed by atoms with Crippen LogP contribution in [-0.2, 0) is 6.18 Å². The average molecular weight is 232 g/mol. The number of rotatable bonds is 2. The number of ether oxygens (including phenoxy) is 1. The highest BCUT2D eigenvalue weighted by molar-refractivity contribution is 5.32. The SMILES string of the molecule is FC(F)(F)c1cnccc1OC1CCNC1. The Morgan fingerprint density at radius 3 is 2.88 bits per heavy atom. The highest BCUT2D eigenvalue weighted by atomic mass is 19.4. The summed E-state index contributed by atoms with van der Waals surface area (Å²) in [5.74, 6) is -0.142. The van der Waals surface area contributed by atoms with Crippen LogP contribution in [0.2, 0.25) is 0 Å². The predicted octanol–water partition coefficient (Wildman–Crippen LogP) is 1.84. The maximum atomic E-state index is 12.6. The van der Waals surface area contributed by atoms with E-state index in [1.165, 1.54) is 12.3 Å². The van der Waals surface area contributed by atoms with E-state index in [4.69, 9.17) is 4.74 Å². The van der Waals surface area contributed by atoms with Gasteiger partial charge in [0.05, 0.1) is 0 Å². The van der Waals surface area contributed by atoms with E-state index in [2.05, 4.69) is 10.3 Å². The first kappa shape index (κ1) is 11.2. The van der Waals surface area contributed by atoms with Gasteiger partial charge in [-0.1, -0.05) is 0 Å². The molecular weight excluding hydrogens is 221 g/mol. The van der Waals surface area contributed by atoms with Crippen LogP contribution in [-0.4, -0.2) is 24.2 Å². The predicted molar refractivity (Wildman–Crippen MR) is 51.1 cm³/mol. The van der Waals surface area contributed by atoms with Crippen molar-refractivity contribution in [2.75, 3.05) is 13.1 Å². The molecule has 0 saturated carbocycles. The van der Waals surface area contributed by atoms with Crippen LogP contribution in [0.3, 0.4) is 0 Å². The van der Waals surface area contributed by atoms with Gasteiger partial charge in [0, 0.05) is 18.9 Å². The molecule has 0 aliphatic carbocycles. The Labute approximate surface area is 90.6 Å². The van der Waals surface area contributed by atoms with Crippen molar-refractivity contribution >= 4 is 0 Å². The molecule has 88 valence electrons. The van der Waals surface area contributed by atoms with Crippen molar-refractivity contribution in [3.8, 4) is 5.75 Å². The van der Waals surface area contributed by atoms with Gasteiger partial charge in [0.1, 0.15) is 17.4 Å². The second kappa shape index (κ2) is 4.29. The van der Waals surface area contributed by atoms with Crippen molar-refractivity contribution in [2.24, 2.45) is 0 Å². The zero-order valence-corrected chi connectivity index (χ0v) is 8.42. The van der Waals surface area contributed by atoms with Gasteiger partial charge in [-0.2, -0.15) is 13.2 Å². The highest BCUT2D eigenvalue weighted by Crippen LogP contribution is 2.35. The van der Waals surface area contributed by atoms with E-state index in [1.807, 2.05) is 0 Å². The van der Waals surface area contributed by atoms with E-state index in [0.717, 1.165) is 19.2 Å². The molecular formula is C10H11F3N2O. The summed E-state index contributed by atoms with van der Waals surface area (Å²) in [4.78, 5) is 3.47.